The van der Waals surface area contributed by atoms with Crippen molar-refractivity contribution < 1.29 is 4.79 Å². The van der Waals surface area contributed by atoms with Crippen molar-refractivity contribution in [3.05, 3.63) is 37.0 Å². The van der Waals surface area contributed by atoms with Crippen LogP contribution in [0.2, 0.25) is 0 Å². The molecule has 0 unspecified atom stereocenters. The van der Waals surface area contributed by atoms with Crippen LogP contribution < -0.4 is 0 Å². The third kappa shape index (κ3) is 13.0. The van der Waals surface area contributed by atoms with E-state index in [1.165, 1.54) is 25.7 Å². The fourth-order valence-electron chi connectivity index (χ4n) is 1.84. The number of rotatable bonds is 12. The van der Waals surface area contributed by atoms with E-state index in [-0.39, 0.29) is 0 Å². The van der Waals surface area contributed by atoms with E-state index in [1.54, 1.807) is 6.08 Å². The standard InChI is InChI=1S/C17H28O/c1-3-5-6-7-8-9-10-11-12-13-14-16-17(18)15-4-2/h3,5-8H,1,4,9-16H2,2H3. The Morgan fingerprint density at radius 1 is 0.944 bits per heavy atom. The Balaban J connectivity index is 3.21. The number of carbonyl (C=O) groups is 1. The van der Waals surface area contributed by atoms with Gasteiger partial charge >= 0.3 is 0 Å². The Kier molecular flexibility index (Phi) is 13.1. The van der Waals surface area contributed by atoms with Gasteiger partial charge in [-0.2, -0.15) is 0 Å². The molecule has 0 saturated carbocycles. The van der Waals surface area contributed by atoms with E-state index in [4.69, 9.17) is 0 Å². The summed E-state index contributed by atoms with van der Waals surface area (Å²) >= 11 is 0. The molecule has 0 aliphatic heterocycles. The topological polar surface area (TPSA) is 17.1 Å². The molecule has 0 rings (SSSR count). The Morgan fingerprint density at radius 2 is 1.67 bits per heavy atom. The summed E-state index contributed by atoms with van der Waals surface area (Å²) in [7, 11) is 0. The van der Waals surface area contributed by atoms with Gasteiger partial charge in [0.25, 0.3) is 0 Å². The molecule has 1 heteroatoms. The smallest absolute Gasteiger partial charge is 0.132 e. The Bertz CT molecular complexity index is 261. The number of allylic oxidation sites excluding steroid dienone is 5. The van der Waals surface area contributed by atoms with E-state index in [1.807, 2.05) is 12.2 Å². The zero-order chi connectivity index (χ0) is 13.5. The van der Waals surface area contributed by atoms with Crippen LogP contribution in [0.1, 0.15) is 64.7 Å². The molecule has 0 aromatic carbocycles. The number of unbranched alkanes of at least 4 members (excludes halogenated alkanes) is 5. The second-order valence-corrected chi connectivity index (χ2v) is 4.64. The van der Waals surface area contributed by atoms with Crippen LogP contribution in [0.25, 0.3) is 0 Å². The zero-order valence-electron chi connectivity index (χ0n) is 11.9. The molecule has 0 aliphatic rings. The second kappa shape index (κ2) is 14.0. The van der Waals surface area contributed by atoms with Crippen LogP contribution in [-0.2, 0) is 4.79 Å². The summed E-state index contributed by atoms with van der Waals surface area (Å²) in [4.78, 5) is 11.3. The maximum absolute atomic E-state index is 11.3. The third-order valence-electron chi connectivity index (χ3n) is 2.85. The molecule has 0 radical (unpaired) electrons. The molecule has 0 spiro atoms. The molecule has 0 fully saturated rings. The highest BCUT2D eigenvalue weighted by Gasteiger charge is 1.99. The van der Waals surface area contributed by atoms with Crippen molar-refractivity contribution >= 4 is 5.78 Å². The molecule has 0 atom stereocenters. The minimum Gasteiger partial charge on any atom is -0.300 e. The molecule has 0 aromatic heterocycles. The lowest BCUT2D eigenvalue weighted by Gasteiger charge is -2.00. The van der Waals surface area contributed by atoms with Crippen LogP contribution in [-0.4, -0.2) is 5.78 Å². The van der Waals surface area contributed by atoms with Gasteiger partial charge in [-0.1, -0.05) is 63.1 Å². The fraction of sp³-hybridized carbons (Fsp3) is 0.588. The van der Waals surface area contributed by atoms with E-state index in [0.717, 1.165) is 32.1 Å². The van der Waals surface area contributed by atoms with E-state index < -0.39 is 0 Å². The highest BCUT2D eigenvalue weighted by Crippen LogP contribution is 2.09. The van der Waals surface area contributed by atoms with Crippen molar-refractivity contribution in [1.29, 1.82) is 0 Å². The maximum Gasteiger partial charge on any atom is 0.132 e. The summed E-state index contributed by atoms with van der Waals surface area (Å²) in [6.07, 6.45) is 19.8. The van der Waals surface area contributed by atoms with Crippen LogP contribution in [0.5, 0.6) is 0 Å². The van der Waals surface area contributed by atoms with Crippen molar-refractivity contribution in [2.75, 3.05) is 0 Å². The van der Waals surface area contributed by atoms with Gasteiger partial charge in [0.2, 0.25) is 0 Å². The van der Waals surface area contributed by atoms with Crippen molar-refractivity contribution in [2.24, 2.45) is 0 Å². The molecule has 0 saturated heterocycles. The first-order chi connectivity index (χ1) is 8.81. The molecular formula is C17H28O. The minimum absolute atomic E-state index is 0.439. The number of hydrogen-bond acceptors (Lipinski definition) is 1. The summed E-state index contributed by atoms with van der Waals surface area (Å²) in [6.45, 7) is 5.68. The van der Waals surface area contributed by atoms with Gasteiger partial charge in [0.15, 0.2) is 0 Å². The summed E-state index contributed by atoms with van der Waals surface area (Å²) in [5, 5.41) is 0. The molecule has 0 aliphatic carbocycles. The van der Waals surface area contributed by atoms with Gasteiger partial charge in [0, 0.05) is 12.8 Å². The third-order valence-corrected chi connectivity index (χ3v) is 2.85. The summed E-state index contributed by atoms with van der Waals surface area (Å²) in [6, 6.07) is 0. The number of ketones is 1. The van der Waals surface area contributed by atoms with E-state index in [2.05, 4.69) is 25.7 Å². The van der Waals surface area contributed by atoms with Gasteiger partial charge in [0.1, 0.15) is 5.78 Å². The molecule has 0 N–H and O–H groups in total. The van der Waals surface area contributed by atoms with Crippen LogP contribution in [0.4, 0.5) is 0 Å². The minimum atomic E-state index is 0.439. The van der Waals surface area contributed by atoms with Gasteiger partial charge in [-0.15, -0.1) is 0 Å². The van der Waals surface area contributed by atoms with E-state index in [9.17, 15) is 4.79 Å². The predicted molar refractivity (Wildman–Crippen MR) is 80.7 cm³/mol. The van der Waals surface area contributed by atoms with E-state index in [0.29, 0.717) is 5.78 Å². The molecule has 1 nitrogen and oxygen atoms in total. The lowest BCUT2D eigenvalue weighted by molar-refractivity contribution is -0.119. The first-order valence-corrected chi connectivity index (χ1v) is 7.27. The summed E-state index contributed by atoms with van der Waals surface area (Å²) in [5.41, 5.74) is 0. The molecule has 0 amide bonds. The van der Waals surface area contributed by atoms with Crippen molar-refractivity contribution in [2.45, 2.75) is 64.7 Å². The van der Waals surface area contributed by atoms with Crippen molar-refractivity contribution in [1.82, 2.24) is 0 Å². The monoisotopic (exact) mass is 248 g/mol. The molecule has 18 heavy (non-hydrogen) atoms. The quantitative estimate of drug-likeness (QED) is 0.334. The van der Waals surface area contributed by atoms with Gasteiger partial charge in [0.05, 0.1) is 0 Å². The summed E-state index contributed by atoms with van der Waals surface area (Å²) < 4.78 is 0. The molecular weight excluding hydrogens is 220 g/mol. The lowest BCUT2D eigenvalue weighted by Crippen LogP contribution is -1.96. The highest BCUT2D eigenvalue weighted by atomic mass is 16.1. The van der Waals surface area contributed by atoms with Crippen molar-refractivity contribution in [3.63, 3.8) is 0 Å². The number of carbonyl (C=O) groups excluding carboxylic acids is 1. The average molecular weight is 248 g/mol. The van der Waals surface area contributed by atoms with Crippen molar-refractivity contribution in [3.8, 4) is 0 Å². The fourth-order valence-corrected chi connectivity index (χ4v) is 1.84. The first-order valence-electron chi connectivity index (χ1n) is 7.27. The van der Waals surface area contributed by atoms with Crippen LogP contribution >= 0.6 is 0 Å². The number of Topliss-reactive ketones (excluding diaryl/α,β-unsaturated/α-hetero) is 1. The summed E-state index contributed by atoms with van der Waals surface area (Å²) in [5.74, 6) is 0.439. The van der Waals surface area contributed by atoms with Gasteiger partial charge in [-0.05, 0) is 25.7 Å². The Hall–Kier alpha value is -1.11. The Labute approximate surface area is 113 Å². The molecule has 0 heterocycles. The largest absolute Gasteiger partial charge is 0.300 e. The SMILES string of the molecule is C=CC=CC=CCCCCCCCC(=O)CCC. The lowest BCUT2D eigenvalue weighted by atomic mass is 10.1. The maximum atomic E-state index is 11.3. The average Bonchev–Trinajstić information content (AvgIpc) is 2.36. The molecule has 0 aromatic rings. The first kappa shape index (κ1) is 16.9. The van der Waals surface area contributed by atoms with Crippen LogP contribution in [0, 0.1) is 0 Å². The van der Waals surface area contributed by atoms with Crippen LogP contribution in [0.15, 0.2) is 37.0 Å². The number of hydrogen-bond donors (Lipinski definition) is 0. The highest BCUT2D eigenvalue weighted by molar-refractivity contribution is 5.78. The zero-order valence-corrected chi connectivity index (χ0v) is 11.9. The van der Waals surface area contributed by atoms with Gasteiger partial charge < -0.3 is 0 Å². The van der Waals surface area contributed by atoms with E-state index >= 15 is 0 Å². The van der Waals surface area contributed by atoms with Gasteiger partial charge in [-0.25, -0.2) is 0 Å². The van der Waals surface area contributed by atoms with Gasteiger partial charge in [-0.3, -0.25) is 4.79 Å². The normalized spacial score (nSPS) is 11.4. The van der Waals surface area contributed by atoms with Crippen LogP contribution in [0.3, 0.4) is 0 Å². The predicted octanol–water partition coefficient (Wildman–Crippen LogP) is 5.38. The molecule has 102 valence electrons. The second-order valence-electron chi connectivity index (χ2n) is 4.64. The Morgan fingerprint density at radius 3 is 2.39 bits per heavy atom. The molecule has 0 bridgehead atoms.